The zero-order valence-corrected chi connectivity index (χ0v) is 14.0. The second-order valence-corrected chi connectivity index (χ2v) is 5.85. The van der Waals surface area contributed by atoms with Crippen molar-refractivity contribution in [2.45, 2.75) is 33.1 Å². The predicted octanol–water partition coefficient (Wildman–Crippen LogP) is 2.21. The number of rotatable bonds is 8. The molecule has 2 amide bonds. The molecule has 5 nitrogen and oxygen atoms in total. The Hall–Kier alpha value is -1.88. The van der Waals surface area contributed by atoms with E-state index in [4.69, 9.17) is 0 Å². The van der Waals surface area contributed by atoms with Crippen molar-refractivity contribution < 1.29 is 9.59 Å². The molecule has 0 atom stereocenters. The summed E-state index contributed by atoms with van der Waals surface area (Å²) in [6.45, 7) is 7.34. The Labute approximate surface area is 133 Å². The number of nitrogens with zero attached hydrogens (tertiary/aromatic N) is 1. The number of hydrogen-bond donors (Lipinski definition) is 2. The second-order valence-electron chi connectivity index (χ2n) is 5.85. The van der Waals surface area contributed by atoms with Crippen molar-refractivity contribution in [2.24, 2.45) is 0 Å². The highest BCUT2D eigenvalue weighted by Crippen LogP contribution is 2.16. The lowest BCUT2D eigenvalue weighted by Crippen LogP contribution is -2.39. The van der Waals surface area contributed by atoms with E-state index in [1.807, 2.05) is 31.2 Å². The molecule has 122 valence electrons. The molecule has 0 aliphatic rings. The molecule has 0 aromatic heterocycles. The monoisotopic (exact) mass is 305 g/mol. The smallest absolute Gasteiger partial charge is 0.238 e. The maximum absolute atomic E-state index is 12.0. The van der Waals surface area contributed by atoms with Gasteiger partial charge in [-0.1, -0.05) is 32.9 Å². The summed E-state index contributed by atoms with van der Waals surface area (Å²) in [5.74, 6) is 0.291. The molecule has 5 heteroatoms. The van der Waals surface area contributed by atoms with E-state index in [1.54, 1.807) is 11.9 Å². The first-order chi connectivity index (χ1) is 10.4. The van der Waals surface area contributed by atoms with Crippen LogP contribution in [0.4, 0.5) is 5.69 Å². The molecule has 0 saturated heterocycles. The Bertz CT molecular complexity index is 483. The SMILES string of the molecule is CCCNC(=O)CN(C)CC(=O)Nc1ccc(C(C)C)cc1. The molecule has 0 unspecified atom stereocenters. The van der Waals surface area contributed by atoms with Crippen molar-refractivity contribution in [1.29, 1.82) is 0 Å². The average molecular weight is 305 g/mol. The van der Waals surface area contributed by atoms with E-state index in [1.165, 1.54) is 5.56 Å². The van der Waals surface area contributed by atoms with Crippen LogP contribution >= 0.6 is 0 Å². The van der Waals surface area contributed by atoms with E-state index >= 15 is 0 Å². The van der Waals surface area contributed by atoms with Gasteiger partial charge in [0, 0.05) is 12.2 Å². The molecule has 0 radical (unpaired) electrons. The van der Waals surface area contributed by atoms with Crippen LogP contribution < -0.4 is 10.6 Å². The maximum atomic E-state index is 12.0. The standard InChI is InChI=1S/C17H27N3O2/c1-5-10-18-16(21)11-20(4)12-17(22)19-15-8-6-14(7-9-15)13(2)3/h6-9,13H,5,10-12H2,1-4H3,(H,18,21)(H,19,22). The molecule has 0 aliphatic heterocycles. The topological polar surface area (TPSA) is 61.4 Å². The van der Waals surface area contributed by atoms with Crippen molar-refractivity contribution in [1.82, 2.24) is 10.2 Å². The van der Waals surface area contributed by atoms with Gasteiger partial charge in [0.1, 0.15) is 0 Å². The molecule has 1 aromatic carbocycles. The quantitative estimate of drug-likeness (QED) is 0.774. The first-order valence-corrected chi connectivity index (χ1v) is 7.77. The highest BCUT2D eigenvalue weighted by molar-refractivity contribution is 5.92. The minimum atomic E-state index is -0.122. The maximum Gasteiger partial charge on any atom is 0.238 e. The van der Waals surface area contributed by atoms with Crippen LogP contribution in [0.25, 0.3) is 0 Å². The minimum Gasteiger partial charge on any atom is -0.355 e. The molecule has 22 heavy (non-hydrogen) atoms. The number of amides is 2. The summed E-state index contributed by atoms with van der Waals surface area (Å²) < 4.78 is 0. The fourth-order valence-corrected chi connectivity index (χ4v) is 2.02. The average Bonchev–Trinajstić information content (AvgIpc) is 2.45. The van der Waals surface area contributed by atoms with Gasteiger partial charge >= 0.3 is 0 Å². The summed E-state index contributed by atoms with van der Waals surface area (Å²) in [7, 11) is 1.76. The third-order valence-corrected chi connectivity index (χ3v) is 3.26. The molecule has 0 spiro atoms. The molecule has 0 fully saturated rings. The van der Waals surface area contributed by atoms with Crippen molar-refractivity contribution in [3.63, 3.8) is 0 Å². The summed E-state index contributed by atoms with van der Waals surface area (Å²) in [4.78, 5) is 25.2. The highest BCUT2D eigenvalue weighted by atomic mass is 16.2. The highest BCUT2D eigenvalue weighted by Gasteiger charge is 2.10. The Morgan fingerprint density at radius 1 is 1.09 bits per heavy atom. The van der Waals surface area contributed by atoms with Crippen molar-refractivity contribution in [3.8, 4) is 0 Å². The first kappa shape index (κ1) is 18.2. The number of benzene rings is 1. The molecule has 2 N–H and O–H groups in total. The van der Waals surface area contributed by atoms with Crippen LogP contribution in [-0.4, -0.2) is 43.4 Å². The molecular weight excluding hydrogens is 278 g/mol. The van der Waals surface area contributed by atoms with Gasteiger partial charge in [-0.05, 0) is 37.1 Å². The van der Waals surface area contributed by atoms with Crippen LogP contribution in [0.5, 0.6) is 0 Å². The fourth-order valence-electron chi connectivity index (χ4n) is 2.02. The number of carbonyl (C=O) groups is 2. The van der Waals surface area contributed by atoms with Crippen LogP contribution in [0.1, 0.15) is 38.7 Å². The number of nitrogens with one attached hydrogen (secondary N) is 2. The van der Waals surface area contributed by atoms with E-state index in [-0.39, 0.29) is 24.9 Å². The first-order valence-electron chi connectivity index (χ1n) is 7.77. The van der Waals surface area contributed by atoms with Gasteiger partial charge in [0.2, 0.25) is 11.8 Å². The van der Waals surface area contributed by atoms with Crippen molar-refractivity contribution in [2.75, 3.05) is 32.0 Å². The summed E-state index contributed by atoms with van der Waals surface area (Å²) in [6.07, 6.45) is 0.905. The second kappa shape index (κ2) is 9.20. The van der Waals surface area contributed by atoms with Crippen LogP contribution in [-0.2, 0) is 9.59 Å². The van der Waals surface area contributed by atoms with E-state index in [0.717, 1.165) is 12.1 Å². The Morgan fingerprint density at radius 2 is 1.68 bits per heavy atom. The van der Waals surface area contributed by atoms with Gasteiger partial charge in [0.15, 0.2) is 0 Å². The molecule has 1 aromatic rings. The lowest BCUT2D eigenvalue weighted by molar-refractivity contribution is -0.122. The third kappa shape index (κ3) is 6.72. The van der Waals surface area contributed by atoms with Gasteiger partial charge in [-0.15, -0.1) is 0 Å². The zero-order valence-electron chi connectivity index (χ0n) is 14.0. The number of hydrogen-bond acceptors (Lipinski definition) is 3. The van der Waals surface area contributed by atoms with E-state index in [0.29, 0.717) is 12.5 Å². The van der Waals surface area contributed by atoms with Gasteiger partial charge in [-0.25, -0.2) is 0 Å². The molecule has 0 saturated carbocycles. The van der Waals surface area contributed by atoms with Gasteiger partial charge in [0.25, 0.3) is 0 Å². The predicted molar refractivity (Wildman–Crippen MR) is 90.0 cm³/mol. The Balaban J connectivity index is 2.40. The third-order valence-electron chi connectivity index (χ3n) is 3.26. The number of likely N-dealkylation sites (N-methyl/N-ethyl adjacent to an activating group) is 1. The summed E-state index contributed by atoms with van der Waals surface area (Å²) >= 11 is 0. The van der Waals surface area contributed by atoms with Crippen molar-refractivity contribution in [3.05, 3.63) is 29.8 Å². The fraction of sp³-hybridized carbons (Fsp3) is 0.529. The Morgan fingerprint density at radius 3 is 2.23 bits per heavy atom. The van der Waals surface area contributed by atoms with Crippen LogP contribution in [0, 0.1) is 0 Å². The molecule has 0 heterocycles. The lowest BCUT2D eigenvalue weighted by atomic mass is 10.0. The van der Waals surface area contributed by atoms with Crippen molar-refractivity contribution >= 4 is 17.5 Å². The van der Waals surface area contributed by atoms with E-state index < -0.39 is 0 Å². The summed E-state index contributed by atoms with van der Waals surface area (Å²) in [5, 5.41) is 5.63. The summed E-state index contributed by atoms with van der Waals surface area (Å²) in [6, 6.07) is 7.84. The summed E-state index contributed by atoms with van der Waals surface area (Å²) in [5.41, 5.74) is 2.01. The van der Waals surface area contributed by atoms with Gasteiger partial charge in [0.05, 0.1) is 13.1 Å². The molecule has 1 rings (SSSR count). The minimum absolute atomic E-state index is 0.0570. The largest absolute Gasteiger partial charge is 0.355 e. The van der Waals surface area contributed by atoms with Crippen LogP contribution in [0.3, 0.4) is 0 Å². The van der Waals surface area contributed by atoms with Crippen LogP contribution in [0.15, 0.2) is 24.3 Å². The number of anilines is 1. The van der Waals surface area contributed by atoms with E-state index in [2.05, 4.69) is 24.5 Å². The van der Waals surface area contributed by atoms with Gasteiger partial charge in [-0.2, -0.15) is 0 Å². The normalized spacial score (nSPS) is 10.8. The Kier molecular flexibility index (Phi) is 7.60. The van der Waals surface area contributed by atoms with E-state index in [9.17, 15) is 9.59 Å². The lowest BCUT2D eigenvalue weighted by Gasteiger charge is -2.16. The zero-order chi connectivity index (χ0) is 16.5. The number of carbonyl (C=O) groups excluding carboxylic acids is 2. The van der Waals surface area contributed by atoms with Gasteiger partial charge in [-0.3, -0.25) is 14.5 Å². The molecule has 0 aliphatic carbocycles. The van der Waals surface area contributed by atoms with Gasteiger partial charge < -0.3 is 10.6 Å². The molecule has 0 bridgehead atoms. The molecular formula is C17H27N3O2. The van der Waals surface area contributed by atoms with Crippen LogP contribution in [0.2, 0.25) is 0 Å².